The Balaban J connectivity index is 0.000000324. The van der Waals surface area contributed by atoms with Crippen LogP contribution in [-0.2, 0) is 39.1 Å². The van der Waals surface area contributed by atoms with Crippen LogP contribution in [0.15, 0.2) is 29.3 Å². The van der Waals surface area contributed by atoms with Gasteiger partial charge < -0.3 is 11.4 Å². The van der Waals surface area contributed by atoms with Crippen molar-refractivity contribution in [3.63, 3.8) is 0 Å². The quantitative estimate of drug-likeness (QED) is 0.626. The summed E-state index contributed by atoms with van der Waals surface area (Å²) < 4.78 is 0. The summed E-state index contributed by atoms with van der Waals surface area (Å²) in [4.78, 5) is 4.05. The summed E-state index contributed by atoms with van der Waals surface area (Å²) in [5.74, 6) is 0. The molecule has 1 aromatic rings. The second kappa shape index (κ2) is 7.40. The predicted molar refractivity (Wildman–Crippen MR) is 52.9 cm³/mol. The van der Waals surface area contributed by atoms with E-state index in [1.165, 1.54) is 5.56 Å². The number of nitrogens with zero attached hydrogens (tertiary/aromatic N) is 1. The van der Waals surface area contributed by atoms with Gasteiger partial charge in [-0.2, -0.15) is 20.1 Å². The number of benzene rings is 1. The van der Waals surface area contributed by atoms with Crippen LogP contribution in [0.3, 0.4) is 0 Å². The van der Waals surface area contributed by atoms with E-state index in [9.17, 15) is 0 Å². The van der Waals surface area contributed by atoms with E-state index in [1.54, 1.807) is 0 Å². The number of para-hydroxylation sites is 1. The van der Waals surface area contributed by atoms with E-state index in [-0.39, 0.29) is 32.7 Å². The summed E-state index contributed by atoms with van der Waals surface area (Å²) in [6.07, 6.45) is 5.80. The van der Waals surface area contributed by atoms with Crippen molar-refractivity contribution in [3.05, 3.63) is 36.2 Å². The summed E-state index contributed by atoms with van der Waals surface area (Å²) >= 11 is 0. The van der Waals surface area contributed by atoms with Gasteiger partial charge >= 0.3 is 0 Å². The maximum atomic E-state index is 4.05. The van der Waals surface area contributed by atoms with Gasteiger partial charge in [-0.05, 0) is 0 Å². The molecule has 0 saturated heterocycles. The number of rotatable bonds is 0. The molecule has 1 heterocycles. The molecular formula is C11H13NY-2. The van der Waals surface area contributed by atoms with Crippen molar-refractivity contribution in [2.45, 2.75) is 20.3 Å². The first-order valence-electron chi connectivity index (χ1n) is 4.14. The number of hydrogen-bond acceptors (Lipinski definition) is 1. The summed E-state index contributed by atoms with van der Waals surface area (Å²) in [5, 5.41) is 0. The fraction of sp³-hybridized carbons (Fsp3) is 0.273. The molecule has 0 spiro atoms. The molecule has 1 radical (unpaired) electrons. The van der Waals surface area contributed by atoms with E-state index in [0.29, 0.717) is 0 Å². The van der Waals surface area contributed by atoms with Gasteiger partial charge in [0.15, 0.2) is 0 Å². The molecule has 1 aliphatic rings. The maximum Gasteiger partial charge on any atom is 0 e. The van der Waals surface area contributed by atoms with E-state index >= 15 is 0 Å². The molecule has 1 aromatic carbocycles. The average molecular weight is 248 g/mol. The van der Waals surface area contributed by atoms with Gasteiger partial charge in [0.05, 0.1) is 0 Å². The molecule has 1 nitrogen and oxygen atoms in total. The molecule has 13 heavy (non-hydrogen) atoms. The Kier molecular flexibility index (Phi) is 7.40. The van der Waals surface area contributed by atoms with Crippen LogP contribution in [0.25, 0.3) is 0 Å². The monoisotopic (exact) mass is 248 g/mol. The minimum Gasteiger partial charge on any atom is -0.456 e. The van der Waals surface area contributed by atoms with Crippen molar-refractivity contribution in [2.24, 2.45) is 4.99 Å². The van der Waals surface area contributed by atoms with E-state index < -0.39 is 0 Å². The topological polar surface area (TPSA) is 12.4 Å². The Morgan fingerprint density at radius 1 is 1.31 bits per heavy atom. The molecule has 0 bridgehead atoms. The van der Waals surface area contributed by atoms with Crippen molar-refractivity contribution in [1.82, 2.24) is 0 Å². The first kappa shape index (κ1) is 13.0. The zero-order chi connectivity index (χ0) is 8.81. The molecule has 0 atom stereocenters. The predicted octanol–water partition coefficient (Wildman–Crippen LogP) is 3.05. The second-order valence-electron chi connectivity index (χ2n) is 2.65. The molecule has 0 N–H and O–H groups in total. The van der Waals surface area contributed by atoms with Gasteiger partial charge in [0, 0.05) is 32.7 Å². The standard InChI is InChI=1S/C8H6N.C3H7.Y/c1-2-4-8-7(3-1)5-6-9-8;1-3-2;/h1-4H,5H2;3H,1-2H3;/q2*-1;. The van der Waals surface area contributed by atoms with Crippen LogP contribution in [-0.4, -0.2) is 6.21 Å². The first-order valence-corrected chi connectivity index (χ1v) is 4.14. The number of fused-ring (bicyclic) bond motifs is 1. The van der Waals surface area contributed by atoms with Crippen molar-refractivity contribution in [2.75, 3.05) is 0 Å². The molecule has 1 aliphatic heterocycles. The summed E-state index contributed by atoms with van der Waals surface area (Å²) in [7, 11) is 0. The normalized spacial score (nSPS) is 10.9. The van der Waals surface area contributed by atoms with Gasteiger partial charge in [0.1, 0.15) is 0 Å². The number of aliphatic imine (C=N–C) groups is 1. The van der Waals surface area contributed by atoms with Crippen molar-refractivity contribution >= 4 is 11.9 Å². The van der Waals surface area contributed by atoms with Crippen LogP contribution in [0.1, 0.15) is 19.4 Å². The van der Waals surface area contributed by atoms with Gasteiger partial charge in [0.25, 0.3) is 0 Å². The molecule has 2 heteroatoms. The van der Waals surface area contributed by atoms with Gasteiger partial charge in [-0.15, -0.1) is 11.6 Å². The zero-order valence-corrected chi connectivity index (χ0v) is 11.0. The Bertz CT molecular complexity index is 269. The Hall–Kier alpha value is -0.00610. The van der Waals surface area contributed by atoms with Crippen LogP contribution in [0, 0.1) is 6.42 Å². The first-order chi connectivity index (χ1) is 5.88. The maximum absolute atomic E-state index is 4.05. The molecule has 2 rings (SSSR count). The molecule has 0 unspecified atom stereocenters. The fourth-order valence-corrected chi connectivity index (χ4v) is 0.979. The Morgan fingerprint density at radius 2 is 1.92 bits per heavy atom. The van der Waals surface area contributed by atoms with E-state index in [4.69, 9.17) is 0 Å². The largest absolute Gasteiger partial charge is 0.456 e. The van der Waals surface area contributed by atoms with Gasteiger partial charge in [-0.1, -0.05) is 30.3 Å². The van der Waals surface area contributed by atoms with Gasteiger partial charge in [-0.25, -0.2) is 0 Å². The van der Waals surface area contributed by atoms with E-state index in [1.807, 2.05) is 38.5 Å². The van der Waals surface area contributed by atoms with Crippen LogP contribution >= 0.6 is 0 Å². The third kappa shape index (κ3) is 4.15. The summed E-state index contributed by atoms with van der Waals surface area (Å²) in [6, 6.07) is 8.12. The van der Waals surface area contributed by atoms with Crippen molar-refractivity contribution in [1.29, 1.82) is 0 Å². The van der Waals surface area contributed by atoms with E-state index in [2.05, 4.69) is 17.3 Å². The minimum absolute atomic E-state index is 0. The molecule has 0 saturated carbocycles. The smallest absolute Gasteiger partial charge is 0 e. The molecule has 0 aliphatic carbocycles. The van der Waals surface area contributed by atoms with E-state index in [0.717, 1.165) is 12.1 Å². The summed E-state index contributed by atoms with van der Waals surface area (Å²) in [5.41, 5.74) is 2.37. The molecule has 0 fully saturated rings. The van der Waals surface area contributed by atoms with Crippen molar-refractivity contribution < 1.29 is 32.7 Å². The molecule has 67 valence electrons. The zero-order valence-electron chi connectivity index (χ0n) is 8.12. The minimum atomic E-state index is 0. The van der Waals surface area contributed by atoms with Crippen molar-refractivity contribution in [3.8, 4) is 0 Å². The summed E-state index contributed by atoms with van der Waals surface area (Å²) in [6.45, 7) is 4.00. The molecular weight excluding hydrogens is 235 g/mol. The third-order valence-electron chi connectivity index (χ3n) is 1.46. The molecule has 0 aromatic heterocycles. The Morgan fingerprint density at radius 3 is 2.54 bits per heavy atom. The fourth-order valence-electron chi connectivity index (χ4n) is 0.979. The SMILES string of the molecule is C[CH-]C.[C-]1=Nc2ccccc2C1.[Y]. The van der Waals surface area contributed by atoms with Gasteiger partial charge in [-0.3, -0.25) is 0 Å². The van der Waals surface area contributed by atoms with Crippen LogP contribution in [0.4, 0.5) is 5.69 Å². The molecule has 0 amide bonds. The average Bonchev–Trinajstić information content (AvgIpc) is 2.52. The number of hydrogen-bond donors (Lipinski definition) is 0. The van der Waals surface area contributed by atoms with Crippen LogP contribution < -0.4 is 0 Å². The van der Waals surface area contributed by atoms with Gasteiger partial charge in [0.2, 0.25) is 0 Å². The van der Waals surface area contributed by atoms with Crippen LogP contribution in [0.2, 0.25) is 0 Å². The second-order valence-corrected chi connectivity index (χ2v) is 2.65. The Labute approximate surface area is 106 Å². The third-order valence-corrected chi connectivity index (χ3v) is 1.46. The van der Waals surface area contributed by atoms with Crippen LogP contribution in [0.5, 0.6) is 0 Å².